The highest BCUT2D eigenvalue weighted by atomic mass is 35.5. The van der Waals surface area contributed by atoms with Crippen LogP contribution in [0.25, 0.3) is 0 Å². The molecule has 2 N–H and O–H groups in total. The topological polar surface area (TPSA) is 29.3 Å². The molecule has 1 aliphatic heterocycles. The number of rotatable bonds is 4. The summed E-state index contributed by atoms with van der Waals surface area (Å²) in [7, 11) is 0. The summed E-state index contributed by atoms with van der Waals surface area (Å²) in [6.07, 6.45) is 3.69. The number of benzene rings is 1. The number of hydrogen-bond acceptors (Lipinski definition) is 2. The molecule has 0 aliphatic carbocycles. The van der Waals surface area contributed by atoms with Crippen LogP contribution < -0.4 is 5.73 Å². The summed E-state index contributed by atoms with van der Waals surface area (Å²) >= 11 is 0. The molecule has 2 rings (SSSR count). The van der Waals surface area contributed by atoms with Gasteiger partial charge in [0.2, 0.25) is 0 Å². The Morgan fingerprint density at radius 1 is 1.21 bits per heavy atom. The summed E-state index contributed by atoms with van der Waals surface area (Å²) in [6.45, 7) is 6.82. The smallest absolute Gasteiger partial charge is 0.0345 e. The first-order valence-electron chi connectivity index (χ1n) is 7.27. The van der Waals surface area contributed by atoms with Crippen molar-refractivity contribution in [2.75, 3.05) is 13.1 Å². The highest BCUT2D eigenvalue weighted by Gasteiger charge is 2.26. The van der Waals surface area contributed by atoms with Gasteiger partial charge in [-0.25, -0.2) is 0 Å². The SMILES string of the molecule is CCC(c1ccccc1)N1CCC(C(C)N)CC1.Cl. The van der Waals surface area contributed by atoms with Gasteiger partial charge >= 0.3 is 0 Å². The molecule has 0 amide bonds. The highest BCUT2D eigenvalue weighted by molar-refractivity contribution is 5.85. The third-order valence-electron chi connectivity index (χ3n) is 4.33. The first-order chi connectivity index (χ1) is 8.72. The van der Waals surface area contributed by atoms with E-state index in [1.54, 1.807) is 0 Å². The monoisotopic (exact) mass is 282 g/mol. The Balaban J connectivity index is 0.00000180. The lowest BCUT2D eigenvalue weighted by molar-refractivity contribution is 0.121. The maximum Gasteiger partial charge on any atom is 0.0345 e. The summed E-state index contributed by atoms with van der Waals surface area (Å²) in [6, 6.07) is 11.8. The summed E-state index contributed by atoms with van der Waals surface area (Å²) in [5, 5.41) is 0. The predicted octanol–water partition coefficient (Wildman–Crippen LogP) is 3.62. The van der Waals surface area contributed by atoms with Gasteiger partial charge < -0.3 is 5.73 Å². The Bertz CT molecular complexity index is 345. The summed E-state index contributed by atoms with van der Waals surface area (Å²) in [4.78, 5) is 2.63. The van der Waals surface area contributed by atoms with Gasteiger partial charge in [-0.2, -0.15) is 0 Å². The van der Waals surface area contributed by atoms with E-state index in [4.69, 9.17) is 5.73 Å². The number of halogens is 1. The predicted molar refractivity (Wildman–Crippen MR) is 84.7 cm³/mol. The van der Waals surface area contributed by atoms with Crippen LogP contribution >= 0.6 is 12.4 Å². The van der Waals surface area contributed by atoms with Gasteiger partial charge in [-0.3, -0.25) is 4.90 Å². The average molecular weight is 283 g/mol. The zero-order valence-corrected chi connectivity index (χ0v) is 12.9. The molecule has 1 aromatic rings. The highest BCUT2D eigenvalue weighted by Crippen LogP contribution is 2.29. The Morgan fingerprint density at radius 2 is 1.79 bits per heavy atom. The molecule has 1 heterocycles. The molecule has 0 radical (unpaired) electrons. The second-order valence-corrected chi connectivity index (χ2v) is 5.57. The summed E-state index contributed by atoms with van der Waals surface area (Å²) in [5.74, 6) is 0.717. The normalized spacial score (nSPS) is 20.6. The van der Waals surface area contributed by atoms with Crippen molar-refractivity contribution in [2.24, 2.45) is 11.7 Å². The van der Waals surface area contributed by atoms with Crippen LogP contribution in [0.15, 0.2) is 30.3 Å². The van der Waals surface area contributed by atoms with Crippen molar-refractivity contribution < 1.29 is 0 Å². The van der Waals surface area contributed by atoms with Crippen LogP contribution in [0.3, 0.4) is 0 Å². The molecule has 0 saturated carbocycles. The third-order valence-corrected chi connectivity index (χ3v) is 4.33. The molecular weight excluding hydrogens is 256 g/mol. The maximum atomic E-state index is 6.01. The lowest BCUT2D eigenvalue weighted by Gasteiger charge is -2.38. The van der Waals surface area contributed by atoms with Gasteiger partial charge in [-0.05, 0) is 50.8 Å². The van der Waals surface area contributed by atoms with E-state index in [9.17, 15) is 0 Å². The van der Waals surface area contributed by atoms with Crippen molar-refractivity contribution in [2.45, 2.75) is 45.2 Å². The van der Waals surface area contributed by atoms with Gasteiger partial charge in [0.15, 0.2) is 0 Å². The summed E-state index contributed by atoms with van der Waals surface area (Å²) < 4.78 is 0. The van der Waals surface area contributed by atoms with Gasteiger partial charge in [0.1, 0.15) is 0 Å². The first kappa shape index (κ1) is 16.5. The van der Waals surface area contributed by atoms with E-state index in [-0.39, 0.29) is 12.4 Å². The van der Waals surface area contributed by atoms with Gasteiger partial charge in [0, 0.05) is 12.1 Å². The van der Waals surface area contributed by atoms with Crippen LogP contribution in [0.1, 0.15) is 44.7 Å². The zero-order valence-electron chi connectivity index (χ0n) is 12.1. The molecular formula is C16H27ClN2. The molecule has 2 nitrogen and oxygen atoms in total. The fraction of sp³-hybridized carbons (Fsp3) is 0.625. The van der Waals surface area contributed by atoms with Crippen LogP contribution in [-0.2, 0) is 0 Å². The molecule has 19 heavy (non-hydrogen) atoms. The number of likely N-dealkylation sites (tertiary alicyclic amines) is 1. The van der Waals surface area contributed by atoms with Gasteiger partial charge in [-0.1, -0.05) is 37.3 Å². The van der Waals surface area contributed by atoms with Crippen LogP contribution in [0.2, 0.25) is 0 Å². The molecule has 0 spiro atoms. The van der Waals surface area contributed by atoms with Crippen LogP contribution in [0.4, 0.5) is 0 Å². The summed E-state index contributed by atoms with van der Waals surface area (Å²) in [5.41, 5.74) is 7.47. The fourth-order valence-electron chi connectivity index (χ4n) is 3.14. The van der Waals surface area contributed by atoms with Crippen molar-refractivity contribution in [1.82, 2.24) is 4.90 Å². The Kier molecular flexibility index (Phi) is 6.84. The van der Waals surface area contributed by atoms with Crippen molar-refractivity contribution in [3.63, 3.8) is 0 Å². The molecule has 0 bridgehead atoms. The van der Waals surface area contributed by atoms with Gasteiger partial charge in [0.25, 0.3) is 0 Å². The molecule has 2 unspecified atom stereocenters. The Hall–Kier alpha value is -0.570. The average Bonchev–Trinajstić information content (AvgIpc) is 2.41. The van der Waals surface area contributed by atoms with E-state index in [0.717, 1.165) is 5.92 Å². The van der Waals surface area contributed by atoms with E-state index in [1.165, 1.54) is 37.9 Å². The number of piperidine rings is 1. The zero-order chi connectivity index (χ0) is 13.0. The lowest BCUT2D eigenvalue weighted by Crippen LogP contribution is -2.41. The number of hydrogen-bond donors (Lipinski definition) is 1. The fourth-order valence-corrected chi connectivity index (χ4v) is 3.14. The van der Waals surface area contributed by atoms with E-state index < -0.39 is 0 Å². The lowest BCUT2D eigenvalue weighted by atomic mass is 9.89. The molecule has 3 heteroatoms. The number of nitrogens with two attached hydrogens (primary N) is 1. The van der Waals surface area contributed by atoms with E-state index in [0.29, 0.717) is 12.1 Å². The molecule has 1 aliphatic rings. The van der Waals surface area contributed by atoms with Crippen molar-refractivity contribution in [1.29, 1.82) is 0 Å². The quantitative estimate of drug-likeness (QED) is 0.914. The third kappa shape index (κ3) is 4.20. The molecule has 0 aromatic heterocycles. The van der Waals surface area contributed by atoms with Crippen molar-refractivity contribution >= 4 is 12.4 Å². The van der Waals surface area contributed by atoms with Crippen LogP contribution in [0.5, 0.6) is 0 Å². The molecule has 1 saturated heterocycles. The standard InChI is InChI=1S/C16H26N2.ClH/c1-3-16(15-7-5-4-6-8-15)18-11-9-14(10-12-18)13(2)17;/h4-8,13-14,16H,3,9-12,17H2,1-2H3;1H. The first-order valence-corrected chi connectivity index (χ1v) is 7.27. The second-order valence-electron chi connectivity index (χ2n) is 5.57. The molecule has 108 valence electrons. The van der Waals surface area contributed by atoms with E-state index in [1.807, 2.05) is 0 Å². The Labute approximate surface area is 123 Å². The van der Waals surface area contributed by atoms with Crippen LogP contribution in [0, 0.1) is 5.92 Å². The molecule has 1 aromatic carbocycles. The van der Waals surface area contributed by atoms with Gasteiger partial charge in [-0.15, -0.1) is 12.4 Å². The van der Waals surface area contributed by atoms with Crippen LogP contribution in [-0.4, -0.2) is 24.0 Å². The van der Waals surface area contributed by atoms with Crippen molar-refractivity contribution in [3.8, 4) is 0 Å². The second kappa shape index (κ2) is 7.88. The minimum absolute atomic E-state index is 0. The minimum atomic E-state index is 0. The number of nitrogens with zero attached hydrogens (tertiary/aromatic N) is 1. The molecule has 1 fully saturated rings. The minimum Gasteiger partial charge on any atom is -0.328 e. The maximum absolute atomic E-state index is 6.01. The van der Waals surface area contributed by atoms with E-state index in [2.05, 4.69) is 49.1 Å². The van der Waals surface area contributed by atoms with E-state index >= 15 is 0 Å². The van der Waals surface area contributed by atoms with Gasteiger partial charge in [0.05, 0.1) is 0 Å². The van der Waals surface area contributed by atoms with Crippen molar-refractivity contribution in [3.05, 3.63) is 35.9 Å². The molecule has 2 atom stereocenters. The Morgan fingerprint density at radius 3 is 2.26 bits per heavy atom. The largest absolute Gasteiger partial charge is 0.328 e.